The number of benzene rings is 1. The van der Waals surface area contributed by atoms with E-state index in [4.69, 9.17) is 0 Å². The molecule has 2 nitrogen and oxygen atoms in total. The monoisotopic (exact) mass is 219 g/mol. The van der Waals surface area contributed by atoms with Gasteiger partial charge in [0.25, 0.3) is 0 Å². The van der Waals surface area contributed by atoms with Crippen molar-refractivity contribution in [2.24, 2.45) is 5.92 Å². The number of rotatable bonds is 3. The second-order valence-corrected chi connectivity index (χ2v) is 4.51. The quantitative estimate of drug-likeness (QED) is 0.763. The normalized spacial score (nSPS) is 10.6. The Balaban J connectivity index is 3.04. The smallest absolute Gasteiger partial charge is 0.229 e. The van der Waals surface area contributed by atoms with E-state index in [1.165, 1.54) is 11.1 Å². The Bertz CT molecular complexity index is 382. The summed E-state index contributed by atoms with van der Waals surface area (Å²) in [6.45, 7) is 10.8. The number of carbonyl (C=O) groups excluding carboxylic acids is 1. The van der Waals surface area contributed by atoms with Gasteiger partial charge in [-0.15, -0.1) is 0 Å². The molecule has 0 atom stereocenters. The molecule has 16 heavy (non-hydrogen) atoms. The van der Waals surface area contributed by atoms with E-state index in [0.29, 0.717) is 0 Å². The summed E-state index contributed by atoms with van der Waals surface area (Å²) in [5.74, 6) is 0.229. The van der Waals surface area contributed by atoms with E-state index in [2.05, 4.69) is 26.0 Å². The summed E-state index contributed by atoms with van der Waals surface area (Å²) in [6.07, 6.45) is 0. The zero-order valence-corrected chi connectivity index (χ0v) is 10.9. The Morgan fingerprint density at radius 2 is 1.88 bits per heavy atom. The molecule has 0 fully saturated rings. The fourth-order valence-corrected chi connectivity index (χ4v) is 1.67. The summed E-state index contributed by atoms with van der Waals surface area (Å²) in [5.41, 5.74) is 3.49. The van der Waals surface area contributed by atoms with Gasteiger partial charge >= 0.3 is 0 Å². The van der Waals surface area contributed by atoms with Gasteiger partial charge in [-0.1, -0.05) is 19.9 Å². The first-order valence-corrected chi connectivity index (χ1v) is 5.86. The zero-order chi connectivity index (χ0) is 12.3. The van der Waals surface area contributed by atoms with Crippen LogP contribution < -0.4 is 4.90 Å². The van der Waals surface area contributed by atoms with E-state index in [-0.39, 0.29) is 11.8 Å². The summed E-state index contributed by atoms with van der Waals surface area (Å²) in [7, 11) is 0. The molecule has 2 heteroatoms. The van der Waals surface area contributed by atoms with E-state index < -0.39 is 0 Å². The van der Waals surface area contributed by atoms with Crippen LogP contribution in [0.2, 0.25) is 0 Å². The lowest BCUT2D eigenvalue weighted by molar-refractivity contribution is -0.121. The summed E-state index contributed by atoms with van der Waals surface area (Å²) in [6, 6.07) is 6.17. The van der Waals surface area contributed by atoms with Crippen molar-refractivity contribution < 1.29 is 4.79 Å². The van der Waals surface area contributed by atoms with Gasteiger partial charge in [-0.2, -0.15) is 0 Å². The average molecular weight is 219 g/mol. The van der Waals surface area contributed by atoms with Crippen LogP contribution in [-0.2, 0) is 4.79 Å². The van der Waals surface area contributed by atoms with E-state index in [0.717, 1.165) is 12.2 Å². The van der Waals surface area contributed by atoms with Crippen molar-refractivity contribution >= 4 is 11.6 Å². The van der Waals surface area contributed by atoms with Crippen molar-refractivity contribution in [2.45, 2.75) is 34.6 Å². The number of amides is 1. The van der Waals surface area contributed by atoms with Crippen LogP contribution in [0.1, 0.15) is 31.9 Å². The molecule has 1 amide bonds. The van der Waals surface area contributed by atoms with Crippen LogP contribution in [0.4, 0.5) is 5.69 Å². The van der Waals surface area contributed by atoms with Crippen molar-refractivity contribution in [3.63, 3.8) is 0 Å². The molecule has 0 N–H and O–H groups in total. The van der Waals surface area contributed by atoms with Crippen molar-refractivity contribution in [3.8, 4) is 0 Å². The highest BCUT2D eigenvalue weighted by atomic mass is 16.2. The number of hydrogen-bond donors (Lipinski definition) is 0. The second kappa shape index (κ2) is 5.15. The van der Waals surface area contributed by atoms with Crippen LogP contribution in [0, 0.1) is 19.8 Å². The van der Waals surface area contributed by atoms with Crippen LogP contribution in [0.15, 0.2) is 18.2 Å². The fourth-order valence-electron chi connectivity index (χ4n) is 1.67. The van der Waals surface area contributed by atoms with Crippen LogP contribution in [0.25, 0.3) is 0 Å². The SMILES string of the molecule is CCN(C(=O)C(C)C)c1ccc(C)c(C)c1. The molecule has 0 aliphatic heterocycles. The summed E-state index contributed by atoms with van der Waals surface area (Å²) in [4.78, 5) is 13.8. The van der Waals surface area contributed by atoms with Gasteiger partial charge in [0.2, 0.25) is 5.91 Å². The van der Waals surface area contributed by atoms with Crippen molar-refractivity contribution in [1.29, 1.82) is 0 Å². The molecule has 1 aromatic rings. The van der Waals surface area contributed by atoms with E-state index in [1.54, 1.807) is 0 Å². The summed E-state index contributed by atoms with van der Waals surface area (Å²) >= 11 is 0. The molecule has 0 saturated heterocycles. The van der Waals surface area contributed by atoms with E-state index >= 15 is 0 Å². The van der Waals surface area contributed by atoms with Crippen LogP contribution in [0.3, 0.4) is 0 Å². The van der Waals surface area contributed by atoms with Crippen LogP contribution in [-0.4, -0.2) is 12.5 Å². The van der Waals surface area contributed by atoms with Gasteiger partial charge in [-0.3, -0.25) is 4.79 Å². The van der Waals surface area contributed by atoms with Gasteiger partial charge in [0.1, 0.15) is 0 Å². The highest BCUT2D eigenvalue weighted by Gasteiger charge is 2.17. The largest absolute Gasteiger partial charge is 0.312 e. The lowest BCUT2D eigenvalue weighted by atomic mass is 10.1. The molecule has 88 valence electrons. The summed E-state index contributed by atoms with van der Waals surface area (Å²) in [5, 5.41) is 0. The number of carbonyl (C=O) groups is 1. The van der Waals surface area contributed by atoms with E-state index in [1.807, 2.05) is 31.7 Å². The maximum absolute atomic E-state index is 12.0. The second-order valence-electron chi connectivity index (χ2n) is 4.51. The summed E-state index contributed by atoms with van der Waals surface area (Å²) < 4.78 is 0. The standard InChI is InChI=1S/C14H21NO/c1-6-15(14(16)10(2)3)13-8-7-11(4)12(5)9-13/h7-10H,6H2,1-5H3. The lowest BCUT2D eigenvalue weighted by Crippen LogP contribution is -2.34. The fraction of sp³-hybridized carbons (Fsp3) is 0.500. The molecule has 0 unspecified atom stereocenters. The minimum atomic E-state index is 0.0431. The number of aryl methyl sites for hydroxylation is 2. The first kappa shape index (κ1) is 12.8. The third kappa shape index (κ3) is 2.63. The molecule has 0 aliphatic rings. The average Bonchev–Trinajstić information content (AvgIpc) is 2.24. The van der Waals surface area contributed by atoms with Gasteiger partial charge in [-0.05, 0) is 44.0 Å². The minimum absolute atomic E-state index is 0.0431. The molecule has 0 saturated carbocycles. The highest BCUT2D eigenvalue weighted by Crippen LogP contribution is 2.20. The zero-order valence-electron chi connectivity index (χ0n) is 10.9. The Morgan fingerprint density at radius 1 is 1.25 bits per heavy atom. The number of anilines is 1. The maximum Gasteiger partial charge on any atom is 0.229 e. The molecule has 0 bridgehead atoms. The molecular weight excluding hydrogens is 198 g/mol. The van der Waals surface area contributed by atoms with Gasteiger partial charge in [0.05, 0.1) is 0 Å². The molecule has 1 rings (SSSR count). The predicted octanol–water partition coefficient (Wildman–Crippen LogP) is 3.31. The molecule has 1 aromatic carbocycles. The molecule has 0 heterocycles. The third-order valence-corrected chi connectivity index (χ3v) is 2.88. The Morgan fingerprint density at radius 3 is 2.31 bits per heavy atom. The first-order chi connectivity index (χ1) is 7.47. The van der Waals surface area contributed by atoms with Gasteiger partial charge < -0.3 is 4.90 Å². The predicted molar refractivity (Wildman–Crippen MR) is 68.8 cm³/mol. The Hall–Kier alpha value is -1.31. The third-order valence-electron chi connectivity index (χ3n) is 2.88. The van der Waals surface area contributed by atoms with E-state index in [9.17, 15) is 4.79 Å². The Kier molecular flexibility index (Phi) is 4.11. The Labute approximate surface area is 98.3 Å². The molecule has 0 aromatic heterocycles. The maximum atomic E-state index is 12.0. The number of hydrogen-bond acceptors (Lipinski definition) is 1. The lowest BCUT2D eigenvalue weighted by Gasteiger charge is -2.23. The van der Waals surface area contributed by atoms with Crippen LogP contribution >= 0.6 is 0 Å². The van der Waals surface area contributed by atoms with Crippen molar-refractivity contribution in [3.05, 3.63) is 29.3 Å². The molecule has 0 aliphatic carbocycles. The van der Waals surface area contributed by atoms with Crippen molar-refractivity contribution in [1.82, 2.24) is 0 Å². The molecular formula is C14H21NO. The minimum Gasteiger partial charge on any atom is -0.312 e. The van der Waals surface area contributed by atoms with Gasteiger partial charge in [-0.25, -0.2) is 0 Å². The molecule has 0 spiro atoms. The molecule has 0 radical (unpaired) electrons. The van der Waals surface area contributed by atoms with Crippen molar-refractivity contribution in [2.75, 3.05) is 11.4 Å². The number of nitrogens with zero attached hydrogens (tertiary/aromatic N) is 1. The highest BCUT2D eigenvalue weighted by molar-refractivity contribution is 5.94. The van der Waals surface area contributed by atoms with Gasteiger partial charge in [0, 0.05) is 18.2 Å². The van der Waals surface area contributed by atoms with Gasteiger partial charge in [0.15, 0.2) is 0 Å². The first-order valence-electron chi connectivity index (χ1n) is 5.86. The topological polar surface area (TPSA) is 20.3 Å². The van der Waals surface area contributed by atoms with Crippen LogP contribution in [0.5, 0.6) is 0 Å².